The van der Waals surface area contributed by atoms with Crippen molar-refractivity contribution in [2.45, 2.75) is 6.92 Å². The quantitative estimate of drug-likeness (QED) is 0.810. The van der Waals surface area contributed by atoms with Gasteiger partial charge in [0.1, 0.15) is 5.01 Å². The van der Waals surface area contributed by atoms with E-state index in [1.807, 2.05) is 6.92 Å². The molecule has 2 rings (SSSR count). The molecule has 0 unspecified atom stereocenters. The third kappa shape index (κ3) is 3.61. The number of nitrogens with zero attached hydrogens (tertiary/aromatic N) is 2. The second-order valence-corrected chi connectivity index (χ2v) is 4.85. The zero-order chi connectivity index (χ0) is 13.7. The molecule has 0 radical (unpaired) electrons. The van der Waals surface area contributed by atoms with Crippen LogP contribution in [-0.2, 0) is 0 Å². The van der Waals surface area contributed by atoms with Crippen LogP contribution in [0, 0.1) is 18.8 Å². The first kappa shape index (κ1) is 13.2. The number of rotatable bonds is 2. The van der Waals surface area contributed by atoms with Crippen molar-refractivity contribution in [1.29, 1.82) is 0 Å². The molecule has 0 aliphatic heterocycles. The van der Waals surface area contributed by atoms with E-state index in [0.29, 0.717) is 17.2 Å². The first-order valence-corrected chi connectivity index (χ1v) is 6.41. The van der Waals surface area contributed by atoms with E-state index < -0.39 is 0 Å². The Labute approximate surface area is 114 Å². The van der Waals surface area contributed by atoms with Gasteiger partial charge >= 0.3 is 0 Å². The van der Waals surface area contributed by atoms with Crippen LogP contribution in [0.5, 0.6) is 0 Å². The number of carbonyl (C=O) groups excluding carboxylic acids is 1. The van der Waals surface area contributed by atoms with Gasteiger partial charge in [0.05, 0.1) is 6.54 Å². The molecular formula is C13H12N4OS. The van der Waals surface area contributed by atoms with E-state index in [2.05, 4.69) is 27.4 Å². The Morgan fingerprint density at radius 2 is 2.11 bits per heavy atom. The number of benzene rings is 1. The van der Waals surface area contributed by atoms with Gasteiger partial charge in [-0.3, -0.25) is 10.1 Å². The SMILES string of the molecule is Cc1nnc(NC(=O)c2ccc(C#CCN)cc2)s1. The van der Waals surface area contributed by atoms with E-state index in [0.717, 1.165) is 10.6 Å². The zero-order valence-corrected chi connectivity index (χ0v) is 11.1. The second-order valence-electron chi connectivity index (χ2n) is 3.66. The minimum absolute atomic E-state index is 0.213. The summed E-state index contributed by atoms with van der Waals surface area (Å²) in [5.41, 5.74) is 6.67. The fourth-order valence-electron chi connectivity index (χ4n) is 1.37. The maximum atomic E-state index is 11.9. The van der Waals surface area contributed by atoms with Crippen molar-refractivity contribution in [3.05, 3.63) is 40.4 Å². The predicted molar refractivity (Wildman–Crippen MR) is 75.0 cm³/mol. The highest BCUT2D eigenvalue weighted by Crippen LogP contribution is 2.15. The Balaban J connectivity index is 2.07. The number of aryl methyl sites for hydroxylation is 1. The maximum Gasteiger partial charge on any atom is 0.257 e. The van der Waals surface area contributed by atoms with Crippen molar-refractivity contribution < 1.29 is 4.79 Å². The molecule has 0 aliphatic rings. The van der Waals surface area contributed by atoms with Crippen LogP contribution in [0.2, 0.25) is 0 Å². The molecule has 0 atom stereocenters. The lowest BCUT2D eigenvalue weighted by Gasteiger charge is -2.00. The van der Waals surface area contributed by atoms with Gasteiger partial charge in [0.2, 0.25) is 5.13 Å². The molecule has 0 saturated heterocycles. The molecule has 1 heterocycles. The van der Waals surface area contributed by atoms with Crippen molar-refractivity contribution in [2.24, 2.45) is 5.73 Å². The van der Waals surface area contributed by atoms with Crippen LogP contribution in [0.3, 0.4) is 0 Å². The maximum absolute atomic E-state index is 11.9. The van der Waals surface area contributed by atoms with E-state index in [1.54, 1.807) is 24.3 Å². The molecule has 1 amide bonds. The van der Waals surface area contributed by atoms with Crippen molar-refractivity contribution >= 4 is 22.4 Å². The van der Waals surface area contributed by atoms with Gasteiger partial charge in [-0.15, -0.1) is 10.2 Å². The van der Waals surface area contributed by atoms with Crippen LogP contribution >= 0.6 is 11.3 Å². The van der Waals surface area contributed by atoms with Crippen molar-refractivity contribution in [3.63, 3.8) is 0 Å². The molecule has 0 fully saturated rings. The minimum Gasteiger partial charge on any atom is -0.320 e. The summed E-state index contributed by atoms with van der Waals surface area (Å²) in [6, 6.07) is 6.99. The average molecular weight is 272 g/mol. The standard InChI is InChI=1S/C13H12N4OS/c1-9-16-17-13(19-9)15-12(18)11-6-4-10(5-7-11)3-2-8-14/h4-7H,8,14H2,1H3,(H,15,17,18). The Bertz CT molecular complexity index is 637. The molecule has 19 heavy (non-hydrogen) atoms. The Morgan fingerprint density at radius 1 is 1.37 bits per heavy atom. The fraction of sp³-hybridized carbons (Fsp3) is 0.154. The van der Waals surface area contributed by atoms with Crippen LogP contribution in [0.1, 0.15) is 20.9 Å². The van der Waals surface area contributed by atoms with Crippen LogP contribution < -0.4 is 11.1 Å². The van der Waals surface area contributed by atoms with E-state index in [1.165, 1.54) is 11.3 Å². The normalized spacial score (nSPS) is 9.58. The fourth-order valence-corrected chi connectivity index (χ4v) is 1.96. The summed E-state index contributed by atoms with van der Waals surface area (Å²) in [4.78, 5) is 11.9. The number of carbonyl (C=O) groups is 1. The van der Waals surface area contributed by atoms with Crippen molar-refractivity contribution in [3.8, 4) is 11.8 Å². The van der Waals surface area contributed by atoms with Gasteiger partial charge in [0, 0.05) is 11.1 Å². The molecule has 0 aliphatic carbocycles. The van der Waals surface area contributed by atoms with Gasteiger partial charge in [-0.2, -0.15) is 0 Å². The summed E-state index contributed by atoms with van der Waals surface area (Å²) in [7, 11) is 0. The topological polar surface area (TPSA) is 80.9 Å². The van der Waals surface area contributed by atoms with Gasteiger partial charge in [-0.1, -0.05) is 23.2 Å². The third-order valence-corrected chi connectivity index (χ3v) is 2.98. The number of nitrogens with one attached hydrogen (secondary N) is 1. The minimum atomic E-state index is -0.213. The van der Waals surface area contributed by atoms with Crippen molar-refractivity contribution in [1.82, 2.24) is 10.2 Å². The lowest BCUT2D eigenvalue weighted by molar-refractivity contribution is 0.102. The zero-order valence-electron chi connectivity index (χ0n) is 10.3. The lowest BCUT2D eigenvalue weighted by Crippen LogP contribution is -2.11. The van der Waals surface area contributed by atoms with Crippen LogP contribution in [0.15, 0.2) is 24.3 Å². The summed E-state index contributed by atoms with van der Waals surface area (Å²) in [6.07, 6.45) is 0. The molecule has 5 nitrogen and oxygen atoms in total. The highest BCUT2D eigenvalue weighted by atomic mass is 32.1. The summed E-state index contributed by atoms with van der Waals surface area (Å²) in [5.74, 6) is 5.44. The molecule has 0 spiro atoms. The Hall–Kier alpha value is -2.23. The largest absolute Gasteiger partial charge is 0.320 e. The molecule has 0 bridgehead atoms. The Morgan fingerprint density at radius 3 is 2.68 bits per heavy atom. The summed E-state index contributed by atoms with van der Waals surface area (Å²) < 4.78 is 0. The first-order chi connectivity index (χ1) is 9.19. The van der Waals surface area contributed by atoms with E-state index in [-0.39, 0.29) is 5.91 Å². The van der Waals surface area contributed by atoms with Crippen LogP contribution in [0.25, 0.3) is 0 Å². The molecule has 1 aromatic heterocycles. The van der Waals surface area contributed by atoms with Crippen LogP contribution in [0.4, 0.5) is 5.13 Å². The molecular weight excluding hydrogens is 260 g/mol. The molecule has 0 saturated carbocycles. The van der Waals surface area contributed by atoms with E-state index in [4.69, 9.17) is 5.73 Å². The number of nitrogens with two attached hydrogens (primary N) is 1. The Kier molecular flexibility index (Phi) is 4.23. The highest BCUT2D eigenvalue weighted by Gasteiger charge is 2.08. The summed E-state index contributed by atoms with van der Waals surface area (Å²) >= 11 is 1.33. The van der Waals surface area contributed by atoms with Gasteiger partial charge in [-0.05, 0) is 31.2 Å². The van der Waals surface area contributed by atoms with Gasteiger partial charge in [-0.25, -0.2) is 0 Å². The number of hydrogen-bond donors (Lipinski definition) is 2. The van der Waals surface area contributed by atoms with E-state index >= 15 is 0 Å². The number of anilines is 1. The molecule has 3 N–H and O–H groups in total. The highest BCUT2D eigenvalue weighted by molar-refractivity contribution is 7.15. The summed E-state index contributed by atoms with van der Waals surface area (Å²) in [6.45, 7) is 2.15. The first-order valence-electron chi connectivity index (χ1n) is 5.59. The number of aromatic nitrogens is 2. The molecule has 96 valence electrons. The van der Waals surface area contributed by atoms with E-state index in [9.17, 15) is 4.79 Å². The third-order valence-electron chi connectivity index (χ3n) is 2.23. The average Bonchev–Trinajstić information content (AvgIpc) is 2.82. The van der Waals surface area contributed by atoms with Gasteiger partial charge in [0.15, 0.2) is 0 Å². The van der Waals surface area contributed by atoms with Gasteiger partial charge in [0.25, 0.3) is 5.91 Å². The summed E-state index contributed by atoms with van der Waals surface area (Å²) in [5, 5.41) is 11.7. The lowest BCUT2D eigenvalue weighted by atomic mass is 10.1. The molecule has 6 heteroatoms. The monoisotopic (exact) mass is 272 g/mol. The van der Waals surface area contributed by atoms with Crippen molar-refractivity contribution in [2.75, 3.05) is 11.9 Å². The molecule has 1 aromatic carbocycles. The number of amides is 1. The number of hydrogen-bond acceptors (Lipinski definition) is 5. The smallest absolute Gasteiger partial charge is 0.257 e. The van der Waals surface area contributed by atoms with Gasteiger partial charge < -0.3 is 5.73 Å². The predicted octanol–water partition coefficient (Wildman–Crippen LogP) is 1.41. The molecule has 2 aromatic rings. The second kappa shape index (κ2) is 6.09. The van der Waals surface area contributed by atoms with Crippen LogP contribution in [-0.4, -0.2) is 22.6 Å².